The average molecular weight is 388 g/mol. The minimum atomic E-state index is -0.535. The van der Waals surface area contributed by atoms with E-state index in [0.717, 1.165) is 11.4 Å². The summed E-state index contributed by atoms with van der Waals surface area (Å²) < 4.78 is 12.4. The smallest absolute Gasteiger partial charge is 0.250 e. The number of amides is 2. The summed E-state index contributed by atoms with van der Waals surface area (Å²) in [6, 6.07) is 6.59. The number of methoxy groups -OCH3 is 1. The maximum Gasteiger partial charge on any atom is 0.250 e. The van der Waals surface area contributed by atoms with E-state index in [1.165, 1.54) is 7.11 Å². The standard InChI is InChI=1S/C19H24N4O5/c1-22-8-7-20-16(22)9-23-15(10-24)19(28-12-18(23)26)13-3-5-14(6-4-13)21-17(25)11-27-2/h3-8,15,19,24H,9-12H2,1-2H3,(H,21,25)/t15-,19-/m1/s1. The van der Waals surface area contributed by atoms with Gasteiger partial charge < -0.3 is 29.4 Å². The SMILES string of the molecule is COCC(=O)Nc1ccc([C@H]2OCC(=O)N(Cc3nccn3C)[C@@H]2CO)cc1. The summed E-state index contributed by atoms with van der Waals surface area (Å²) in [7, 11) is 3.31. The molecule has 1 aliphatic heterocycles. The fraction of sp³-hybridized carbons (Fsp3) is 0.421. The molecule has 28 heavy (non-hydrogen) atoms. The number of rotatable bonds is 7. The van der Waals surface area contributed by atoms with Gasteiger partial charge in [0.2, 0.25) is 11.8 Å². The van der Waals surface area contributed by atoms with E-state index in [1.807, 2.05) is 29.9 Å². The third kappa shape index (κ3) is 4.38. The van der Waals surface area contributed by atoms with Crippen molar-refractivity contribution in [1.29, 1.82) is 0 Å². The Kier molecular flexibility index (Phi) is 6.40. The summed E-state index contributed by atoms with van der Waals surface area (Å²) in [6.07, 6.45) is 3.00. The van der Waals surface area contributed by atoms with E-state index < -0.39 is 12.1 Å². The number of imidazole rings is 1. The molecule has 0 saturated carbocycles. The first-order chi connectivity index (χ1) is 13.5. The molecule has 0 unspecified atom stereocenters. The highest BCUT2D eigenvalue weighted by Gasteiger charge is 2.37. The fourth-order valence-corrected chi connectivity index (χ4v) is 3.21. The van der Waals surface area contributed by atoms with Crippen LogP contribution in [0.2, 0.25) is 0 Å². The Hall–Kier alpha value is -2.75. The third-order valence-electron chi connectivity index (χ3n) is 4.67. The van der Waals surface area contributed by atoms with Crippen LogP contribution in [0.15, 0.2) is 36.7 Å². The molecule has 9 heteroatoms. The lowest BCUT2D eigenvalue weighted by atomic mass is 9.99. The molecule has 2 amide bonds. The molecular weight excluding hydrogens is 364 g/mol. The van der Waals surface area contributed by atoms with Gasteiger partial charge in [-0.05, 0) is 17.7 Å². The van der Waals surface area contributed by atoms with Crippen LogP contribution < -0.4 is 5.32 Å². The van der Waals surface area contributed by atoms with E-state index >= 15 is 0 Å². The van der Waals surface area contributed by atoms with Crippen molar-refractivity contribution in [3.05, 3.63) is 48.0 Å². The average Bonchev–Trinajstić information content (AvgIpc) is 3.09. The Morgan fingerprint density at radius 3 is 2.75 bits per heavy atom. The molecule has 1 fully saturated rings. The summed E-state index contributed by atoms with van der Waals surface area (Å²) in [5, 5.41) is 12.7. The number of nitrogens with zero attached hydrogens (tertiary/aromatic N) is 3. The molecule has 2 N–H and O–H groups in total. The molecule has 2 atom stereocenters. The van der Waals surface area contributed by atoms with Gasteiger partial charge in [0.15, 0.2) is 0 Å². The number of morpholine rings is 1. The second-order valence-corrected chi connectivity index (χ2v) is 6.56. The zero-order valence-corrected chi connectivity index (χ0v) is 15.9. The van der Waals surface area contributed by atoms with Gasteiger partial charge in [0.25, 0.3) is 0 Å². The maximum absolute atomic E-state index is 12.4. The molecule has 1 aromatic heterocycles. The van der Waals surface area contributed by atoms with Crippen molar-refractivity contribution in [2.24, 2.45) is 7.05 Å². The van der Waals surface area contributed by atoms with Gasteiger partial charge in [0.05, 0.1) is 19.2 Å². The minimum absolute atomic E-state index is 0.0235. The van der Waals surface area contributed by atoms with Crippen LogP contribution in [0.5, 0.6) is 0 Å². The summed E-state index contributed by atoms with van der Waals surface area (Å²) in [6.45, 7) is -0.0476. The zero-order valence-electron chi connectivity index (χ0n) is 15.9. The predicted octanol–water partition coefficient (Wildman–Crippen LogP) is 0.466. The number of carbonyl (C=O) groups excluding carboxylic acids is 2. The monoisotopic (exact) mass is 388 g/mol. The highest BCUT2D eigenvalue weighted by Crippen LogP contribution is 2.30. The van der Waals surface area contributed by atoms with Crippen molar-refractivity contribution < 1.29 is 24.2 Å². The number of carbonyl (C=O) groups is 2. The first-order valence-corrected chi connectivity index (χ1v) is 8.90. The summed E-state index contributed by atoms with van der Waals surface area (Å²) in [5.41, 5.74) is 1.43. The van der Waals surface area contributed by atoms with Crippen LogP contribution in [0.4, 0.5) is 5.69 Å². The van der Waals surface area contributed by atoms with E-state index in [-0.39, 0.29) is 31.6 Å². The first-order valence-electron chi connectivity index (χ1n) is 8.90. The molecular formula is C19H24N4O5. The number of ether oxygens (including phenoxy) is 2. The highest BCUT2D eigenvalue weighted by atomic mass is 16.5. The Labute approximate surface area is 162 Å². The fourth-order valence-electron chi connectivity index (χ4n) is 3.21. The van der Waals surface area contributed by atoms with E-state index in [4.69, 9.17) is 9.47 Å². The molecule has 2 aromatic rings. The lowest BCUT2D eigenvalue weighted by Gasteiger charge is -2.40. The third-order valence-corrected chi connectivity index (χ3v) is 4.67. The minimum Gasteiger partial charge on any atom is -0.394 e. The molecule has 9 nitrogen and oxygen atoms in total. The van der Waals surface area contributed by atoms with Gasteiger partial charge >= 0.3 is 0 Å². The van der Waals surface area contributed by atoms with Crippen LogP contribution in [-0.2, 0) is 32.7 Å². The van der Waals surface area contributed by atoms with Gasteiger partial charge in [0, 0.05) is 32.2 Å². The van der Waals surface area contributed by atoms with E-state index in [0.29, 0.717) is 12.2 Å². The lowest BCUT2D eigenvalue weighted by molar-refractivity contribution is -0.162. The van der Waals surface area contributed by atoms with E-state index in [1.54, 1.807) is 23.2 Å². The van der Waals surface area contributed by atoms with Crippen molar-refractivity contribution in [2.45, 2.75) is 18.7 Å². The first kappa shape index (κ1) is 20.0. The van der Waals surface area contributed by atoms with Gasteiger partial charge in [-0.2, -0.15) is 0 Å². The predicted molar refractivity (Wildman–Crippen MR) is 100 cm³/mol. The Morgan fingerprint density at radius 1 is 1.39 bits per heavy atom. The topological polar surface area (TPSA) is 106 Å². The molecule has 0 bridgehead atoms. The summed E-state index contributed by atoms with van der Waals surface area (Å²) in [5.74, 6) is 0.287. The van der Waals surface area contributed by atoms with Crippen molar-refractivity contribution in [3.63, 3.8) is 0 Å². The molecule has 1 saturated heterocycles. The largest absolute Gasteiger partial charge is 0.394 e. The number of aromatic nitrogens is 2. The number of aliphatic hydroxyl groups is 1. The second-order valence-electron chi connectivity index (χ2n) is 6.56. The van der Waals surface area contributed by atoms with Crippen molar-refractivity contribution >= 4 is 17.5 Å². The number of hydrogen-bond acceptors (Lipinski definition) is 6. The highest BCUT2D eigenvalue weighted by molar-refractivity contribution is 5.91. The summed E-state index contributed by atoms with van der Waals surface area (Å²) >= 11 is 0. The molecule has 150 valence electrons. The molecule has 2 heterocycles. The Morgan fingerprint density at radius 2 is 2.14 bits per heavy atom. The van der Waals surface area contributed by atoms with Crippen LogP contribution in [0, 0.1) is 0 Å². The number of nitrogens with one attached hydrogen (secondary N) is 1. The molecule has 1 aliphatic rings. The van der Waals surface area contributed by atoms with Gasteiger partial charge in [-0.15, -0.1) is 0 Å². The Balaban J connectivity index is 1.76. The molecule has 1 aromatic carbocycles. The van der Waals surface area contributed by atoms with Crippen LogP contribution in [0.3, 0.4) is 0 Å². The van der Waals surface area contributed by atoms with Crippen molar-refractivity contribution in [1.82, 2.24) is 14.5 Å². The molecule has 0 radical (unpaired) electrons. The second kappa shape index (κ2) is 8.96. The van der Waals surface area contributed by atoms with E-state index in [9.17, 15) is 14.7 Å². The molecule has 0 spiro atoms. The molecule has 3 rings (SSSR count). The number of benzene rings is 1. The number of aryl methyl sites for hydroxylation is 1. The summed E-state index contributed by atoms with van der Waals surface area (Å²) in [4.78, 5) is 29.9. The Bertz CT molecular complexity index is 820. The van der Waals surface area contributed by atoms with Crippen molar-refractivity contribution in [2.75, 3.05) is 32.2 Å². The van der Waals surface area contributed by atoms with Crippen LogP contribution in [0.25, 0.3) is 0 Å². The van der Waals surface area contributed by atoms with Gasteiger partial charge in [0.1, 0.15) is 25.1 Å². The van der Waals surface area contributed by atoms with Gasteiger partial charge in [-0.1, -0.05) is 12.1 Å². The number of anilines is 1. The number of aliphatic hydroxyl groups excluding tert-OH is 1. The normalized spacial score (nSPS) is 19.7. The van der Waals surface area contributed by atoms with Crippen LogP contribution in [0.1, 0.15) is 17.5 Å². The van der Waals surface area contributed by atoms with E-state index in [2.05, 4.69) is 10.3 Å². The molecule has 0 aliphatic carbocycles. The van der Waals surface area contributed by atoms with Gasteiger partial charge in [-0.3, -0.25) is 9.59 Å². The van der Waals surface area contributed by atoms with Crippen LogP contribution in [-0.4, -0.2) is 64.3 Å². The van der Waals surface area contributed by atoms with Crippen molar-refractivity contribution in [3.8, 4) is 0 Å². The number of hydrogen-bond donors (Lipinski definition) is 2. The van der Waals surface area contributed by atoms with Gasteiger partial charge in [-0.25, -0.2) is 4.98 Å². The lowest BCUT2D eigenvalue weighted by Crippen LogP contribution is -2.52. The quantitative estimate of drug-likeness (QED) is 0.714. The maximum atomic E-state index is 12.4. The van der Waals surface area contributed by atoms with Crippen LogP contribution >= 0.6 is 0 Å². The zero-order chi connectivity index (χ0) is 20.1.